The number of imide groups is 1. The Kier molecular flexibility index (Phi) is 17.8. The van der Waals surface area contributed by atoms with Gasteiger partial charge >= 0.3 is 0 Å². The summed E-state index contributed by atoms with van der Waals surface area (Å²) in [5, 5.41) is 11.8. The maximum absolute atomic E-state index is 15.6. The number of nitrogens with zero attached hydrogens (tertiary/aromatic N) is 6. The van der Waals surface area contributed by atoms with Crippen LogP contribution in [0, 0.1) is 35.3 Å². The van der Waals surface area contributed by atoms with Gasteiger partial charge < -0.3 is 36.4 Å². The molecule has 4 saturated heterocycles. The molecule has 5 amide bonds. The number of nitrogens with two attached hydrogens (primary N) is 1. The average Bonchev–Trinajstić information content (AvgIpc) is 3.28. The summed E-state index contributed by atoms with van der Waals surface area (Å²) in [6.07, 6.45) is 8.40. The van der Waals surface area contributed by atoms with Gasteiger partial charge in [-0.25, -0.2) is 18.7 Å². The lowest BCUT2D eigenvalue weighted by Gasteiger charge is -2.48. The highest BCUT2D eigenvalue weighted by atomic mass is 19.1. The first kappa shape index (κ1) is 53.4. The fraction of sp³-hybridized carbons (Fsp3) is 0.596. The molecule has 0 saturated carbocycles. The number of carbonyl (C=O) groups is 5. The molecule has 7 rings (SSSR count). The van der Waals surface area contributed by atoms with E-state index in [4.69, 9.17) is 5.73 Å². The SMILES string of the molecule is CC(C)CC(C)(C)CC(=O)NCCCNc1cc(N2CCC3(CC2)CN(c2cc(F)c(CN4CCC(C)(C)CC4)cc2F)CC(=O)N3)ncn1.Cc1cccc(N)c1CN(C=O)C1CCC(=O)NC1=O.[HH]. The molecule has 70 heavy (non-hydrogen) atoms. The normalized spacial score (nSPS) is 19.2. The molecule has 1 unspecified atom stereocenters. The predicted molar refractivity (Wildman–Crippen MR) is 271 cm³/mol. The summed E-state index contributed by atoms with van der Waals surface area (Å²) >= 11 is 0. The van der Waals surface area contributed by atoms with Crippen molar-refractivity contribution in [3.05, 3.63) is 71.1 Å². The molecular weight excluding hydrogens is 897 g/mol. The molecular formula is C52H77F2N11O5. The monoisotopic (exact) mass is 974 g/mol. The number of likely N-dealkylation sites (tertiary alicyclic amines) is 1. The van der Waals surface area contributed by atoms with Crippen molar-refractivity contribution in [3.63, 3.8) is 0 Å². The topological polar surface area (TPSA) is 198 Å². The van der Waals surface area contributed by atoms with Crippen molar-refractivity contribution in [3.8, 4) is 0 Å². The second kappa shape index (κ2) is 23.3. The number of rotatable bonds is 17. The first-order valence-electron chi connectivity index (χ1n) is 24.9. The Hall–Kier alpha value is -5.91. The Labute approximate surface area is 413 Å². The number of aryl methyl sites for hydroxylation is 1. The Morgan fingerprint density at radius 2 is 1.73 bits per heavy atom. The quantitative estimate of drug-likeness (QED) is 0.0438. The molecule has 384 valence electrons. The van der Waals surface area contributed by atoms with Gasteiger partial charge in [-0.2, -0.15) is 0 Å². The van der Waals surface area contributed by atoms with E-state index in [-0.39, 0.29) is 55.2 Å². The average molecular weight is 974 g/mol. The number of halogens is 2. The molecule has 2 aromatic carbocycles. The minimum Gasteiger partial charge on any atom is -0.398 e. The first-order valence-corrected chi connectivity index (χ1v) is 24.9. The molecule has 1 aromatic heterocycles. The van der Waals surface area contributed by atoms with E-state index in [1.807, 2.05) is 25.1 Å². The summed E-state index contributed by atoms with van der Waals surface area (Å²) < 4.78 is 30.9. The van der Waals surface area contributed by atoms with Crippen LogP contribution in [0.5, 0.6) is 0 Å². The number of nitrogen functional groups attached to an aromatic ring is 1. The molecule has 6 N–H and O–H groups in total. The Balaban J connectivity index is 0.000000373. The number of piperazine rings is 1. The summed E-state index contributed by atoms with van der Waals surface area (Å²) in [7, 11) is 0. The van der Waals surface area contributed by atoms with E-state index in [1.54, 1.807) is 11.0 Å². The van der Waals surface area contributed by atoms with Crippen molar-refractivity contribution in [2.75, 3.05) is 73.2 Å². The third-order valence-corrected chi connectivity index (χ3v) is 14.1. The van der Waals surface area contributed by atoms with Crippen LogP contribution in [0.2, 0.25) is 0 Å². The Morgan fingerprint density at radius 3 is 2.40 bits per heavy atom. The maximum atomic E-state index is 15.6. The van der Waals surface area contributed by atoms with Crippen LogP contribution in [0.3, 0.4) is 0 Å². The van der Waals surface area contributed by atoms with E-state index >= 15 is 8.78 Å². The second-order valence-corrected chi connectivity index (χ2v) is 21.7. The largest absolute Gasteiger partial charge is 0.398 e. The summed E-state index contributed by atoms with van der Waals surface area (Å²) in [4.78, 5) is 75.9. The van der Waals surface area contributed by atoms with E-state index < -0.39 is 29.1 Å². The number of anilines is 4. The number of hydrogen-bond donors (Lipinski definition) is 5. The molecule has 16 nitrogen and oxygen atoms in total. The maximum Gasteiger partial charge on any atom is 0.249 e. The van der Waals surface area contributed by atoms with Gasteiger partial charge in [-0.15, -0.1) is 0 Å². The van der Waals surface area contributed by atoms with Crippen molar-refractivity contribution in [1.82, 2.24) is 35.7 Å². The molecule has 4 fully saturated rings. The van der Waals surface area contributed by atoms with E-state index in [2.05, 4.69) is 82.6 Å². The van der Waals surface area contributed by atoms with Crippen LogP contribution in [-0.2, 0) is 37.1 Å². The fourth-order valence-corrected chi connectivity index (χ4v) is 10.3. The number of carbonyl (C=O) groups excluding carboxylic acids is 5. The van der Waals surface area contributed by atoms with Crippen molar-refractivity contribution in [1.29, 1.82) is 0 Å². The minimum absolute atomic E-state index is 0. The van der Waals surface area contributed by atoms with Crippen LogP contribution in [0.1, 0.15) is 117 Å². The molecule has 5 heterocycles. The summed E-state index contributed by atoms with van der Waals surface area (Å²) in [5.41, 5.74) is 8.51. The number of aromatic nitrogens is 2. The Bertz CT molecular complexity index is 2310. The number of amides is 5. The van der Waals surface area contributed by atoms with Crippen molar-refractivity contribution in [2.45, 2.75) is 131 Å². The van der Waals surface area contributed by atoms with Gasteiger partial charge in [0.25, 0.3) is 0 Å². The standard InChI is InChI=1S/C38H58F2N8O2.C14H17N3O3.H2/c1-27(2)21-37(5,6)22-34(49)42-13-7-12-41-32-20-33(44-26-43-32)47-16-10-38(11-17-47)25-48(24-35(50)45-38)31-19-29(39)28(18-30(31)40)23-46-14-8-36(3,4)9-15-46;1-9-3-2-4-11(15)10(9)7-17(8-18)12-5-6-13(19)16-14(12)20;/h18-20,26-27H,7-17,21-25H2,1-6H3,(H,42,49)(H,45,50)(H,41,43,44);2-4,8,12H,5-7,15H2,1H3,(H,16,19,20);1H. The number of piperidine rings is 3. The van der Waals surface area contributed by atoms with E-state index in [0.717, 1.165) is 55.7 Å². The zero-order valence-corrected chi connectivity index (χ0v) is 42.3. The van der Waals surface area contributed by atoms with Crippen LogP contribution in [0.4, 0.5) is 31.8 Å². The predicted octanol–water partition coefficient (Wildman–Crippen LogP) is 6.32. The van der Waals surface area contributed by atoms with Crippen molar-refractivity contribution in [2.24, 2.45) is 16.7 Å². The molecule has 0 bridgehead atoms. The van der Waals surface area contributed by atoms with Gasteiger partial charge in [-0.1, -0.05) is 53.7 Å². The molecule has 4 aliphatic heterocycles. The fourth-order valence-electron chi connectivity index (χ4n) is 10.3. The van der Waals surface area contributed by atoms with Gasteiger partial charge in [0.15, 0.2) is 0 Å². The third-order valence-electron chi connectivity index (χ3n) is 14.1. The van der Waals surface area contributed by atoms with Crippen LogP contribution in [-0.4, -0.2) is 114 Å². The lowest BCUT2D eigenvalue weighted by Crippen LogP contribution is -2.66. The van der Waals surface area contributed by atoms with Crippen LogP contribution < -0.4 is 36.8 Å². The summed E-state index contributed by atoms with van der Waals surface area (Å²) in [6, 6.07) is 9.39. The first-order chi connectivity index (χ1) is 33.1. The lowest BCUT2D eigenvalue weighted by atomic mass is 9.81. The number of hydrogen-bond acceptors (Lipinski definition) is 12. The number of nitrogens with one attached hydrogen (secondary N) is 4. The van der Waals surface area contributed by atoms with Crippen LogP contribution in [0.15, 0.2) is 42.7 Å². The second-order valence-electron chi connectivity index (χ2n) is 21.7. The zero-order chi connectivity index (χ0) is 50.8. The van der Waals surface area contributed by atoms with Gasteiger partial charge in [0.1, 0.15) is 35.6 Å². The highest BCUT2D eigenvalue weighted by molar-refractivity contribution is 6.00. The number of benzene rings is 2. The van der Waals surface area contributed by atoms with E-state index in [9.17, 15) is 24.0 Å². The lowest BCUT2D eigenvalue weighted by molar-refractivity contribution is -0.141. The van der Waals surface area contributed by atoms with Crippen molar-refractivity contribution >= 4 is 53.0 Å². The molecule has 1 atom stereocenters. The summed E-state index contributed by atoms with van der Waals surface area (Å²) in [6.45, 7) is 20.4. The van der Waals surface area contributed by atoms with E-state index in [0.29, 0.717) is 94.3 Å². The van der Waals surface area contributed by atoms with Gasteiger partial charge in [-0.3, -0.25) is 34.2 Å². The van der Waals surface area contributed by atoms with Gasteiger partial charge in [0, 0.05) is 83.5 Å². The molecule has 0 radical (unpaired) electrons. The third kappa shape index (κ3) is 14.8. The molecule has 3 aromatic rings. The zero-order valence-electron chi connectivity index (χ0n) is 42.3. The smallest absolute Gasteiger partial charge is 0.249 e. The van der Waals surface area contributed by atoms with Gasteiger partial charge in [0.2, 0.25) is 30.0 Å². The molecule has 1 spiro atoms. The van der Waals surface area contributed by atoms with Crippen LogP contribution in [0.25, 0.3) is 0 Å². The van der Waals surface area contributed by atoms with Crippen LogP contribution >= 0.6 is 0 Å². The highest BCUT2D eigenvalue weighted by Crippen LogP contribution is 2.35. The molecule has 0 aliphatic carbocycles. The van der Waals surface area contributed by atoms with Crippen molar-refractivity contribution < 1.29 is 34.2 Å². The minimum atomic E-state index is -0.621. The van der Waals surface area contributed by atoms with E-state index in [1.165, 1.54) is 23.4 Å². The van der Waals surface area contributed by atoms with Gasteiger partial charge in [0.05, 0.1) is 17.8 Å². The van der Waals surface area contributed by atoms with Gasteiger partial charge in [-0.05, 0) is 105 Å². The molecule has 18 heteroatoms. The molecule has 4 aliphatic rings. The summed E-state index contributed by atoms with van der Waals surface area (Å²) in [5.74, 6) is 0.304. The Morgan fingerprint density at radius 1 is 1.00 bits per heavy atom. The highest BCUT2D eigenvalue weighted by Gasteiger charge is 2.42.